The summed E-state index contributed by atoms with van der Waals surface area (Å²) in [6, 6.07) is 13.0. The lowest BCUT2D eigenvalue weighted by atomic mass is 10.0. The quantitative estimate of drug-likeness (QED) is 0.380. The number of ether oxygens (including phenoxy) is 2. The first-order valence-electron chi connectivity index (χ1n) is 10.6. The highest BCUT2D eigenvalue weighted by molar-refractivity contribution is 7.20. The lowest BCUT2D eigenvalue weighted by Crippen LogP contribution is -2.18. The summed E-state index contributed by atoms with van der Waals surface area (Å²) in [6.07, 6.45) is 2.10. The number of fused-ring (bicyclic) bond motifs is 2. The molecule has 0 saturated heterocycles. The Hall–Kier alpha value is -3.39. The number of carbonyl (C=O) groups is 3. The second-order valence-electron chi connectivity index (χ2n) is 7.45. The van der Waals surface area contributed by atoms with Crippen molar-refractivity contribution in [3.8, 4) is 5.75 Å². The third-order valence-corrected chi connectivity index (χ3v) is 6.16. The fourth-order valence-electron chi connectivity index (χ4n) is 3.52. The summed E-state index contributed by atoms with van der Waals surface area (Å²) in [5.41, 5.74) is 2.59. The van der Waals surface area contributed by atoms with Gasteiger partial charge in [0.2, 0.25) is 11.8 Å². The predicted molar refractivity (Wildman–Crippen MR) is 125 cm³/mol. The minimum absolute atomic E-state index is 0.0368. The fraction of sp³-hybridized carbons (Fsp3) is 0.292. The molecule has 1 aliphatic rings. The highest BCUT2D eigenvalue weighted by Crippen LogP contribution is 2.29. The van der Waals surface area contributed by atoms with Gasteiger partial charge < -0.3 is 20.1 Å². The van der Waals surface area contributed by atoms with Crippen LogP contribution < -0.4 is 15.4 Å². The van der Waals surface area contributed by atoms with Crippen LogP contribution in [0.3, 0.4) is 0 Å². The molecule has 0 aliphatic carbocycles. The summed E-state index contributed by atoms with van der Waals surface area (Å²) in [5.74, 6) is 0.348. The van der Waals surface area contributed by atoms with Crippen LogP contribution in [0.4, 0.5) is 11.4 Å². The normalized spacial score (nSPS) is 12.7. The summed E-state index contributed by atoms with van der Waals surface area (Å²) in [7, 11) is 0. The van der Waals surface area contributed by atoms with E-state index < -0.39 is 0 Å². The van der Waals surface area contributed by atoms with Crippen LogP contribution in [0, 0.1) is 0 Å². The molecule has 3 aromatic rings. The molecule has 1 aliphatic heterocycles. The van der Waals surface area contributed by atoms with Gasteiger partial charge in [-0.15, -0.1) is 11.3 Å². The van der Waals surface area contributed by atoms with Crippen LogP contribution in [0.15, 0.2) is 42.5 Å². The van der Waals surface area contributed by atoms with Crippen molar-refractivity contribution in [2.24, 2.45) is 0 Å². The summed E-state index contributed by atoms with van der Waals surface area (Å²) in [5, 5.41) is 6.63. The van der Waals surface area contributed by atoms with Crippen LogP contribution >= 0.6 is 11.3 Å². The van der Waals surface area contributed by atoms with Crippen molar-refractivity contribution in [2.75, 3.05) is 23.8 Å². The van der Waals surface area contributed by atoms with Gasteiger partial charge in [-0.1, -0.05) is 0 Å². The topological polar surface area (TPSA) is 93.7 Å². The lowest BCUT2D eigenvalue weighted by molar-refractivity contribution is -0.117. The third-order valence-electron chi connectivity index (χ3n) is 5.07. The summed E-state index contributed by atoms with van der Waals surface area (Å²) in [6.45, 7) is 2.53. The second-order valence-corrected chi connectivity index (χ2v) is 8.53. The smallest absolute Gasteiger partial charge is 0.348 e. The zero-order chi connectivity index (χ0) is 22.5. The molecule has 2 heterocycles. The molecule has 8 heteroatoms. The molecule has 0 radical (unpaired) electrons. The van der Waals surface area contributed by atoms with Crippen molar-refractivity contribution in [3.05, 3.63) is 52.9 Å². The van der Waals surface area contributed by atoms with Crippen molar-refractivity contribution in [1.29, 1.82) is 0 Å². The molecule has 2 N–H and O–H groups in total. The van der Waals surface area contributed by atoms with E-state index in [1.807, 2.05) is 36.4 Å². The molecule has 0 spiro atoms. The monoisotopic (exact) mass is 452 g/mol. The van der Waals surface area contributed by atoms with Gasteiger partial charge in [0, 0.05) is 28.9 Å². The minimum atomic E-state index is -0.331. The Balaban J connectivity index is 1.25. The Kier molecular flexibility index (Phi) is 6.70. The molecule has 0 saturated carbocycles. The number of carbonyl (C=O) groups excluding carboxylic acids is 3. The first-order valence-corrected chi connectivity index (χ1v) is 11.4. The Morgan fingerprint density at radius 2 is 2.00 bits per heavy atom. The van der Waals surface area contributed by atoms with Crippen LogP contribution in [-0.2, 0) is 20.7 Å². The molecule has 0 atom stereocenters. The van der Waals surface area contributed by atoms with Gasteiger partial charge in [-0.05, 0) is 73.2 Å². The highest BCUT2D eigenvalue weighted by atomic mass is 32.1. The largest absolute Gasteiger partial charge is 0.494 e. The zero-order valence-corrected chi connectivity index (χ0v) is 18.6. The molecule has 0 fully saturated rings. The van der Waals surface area contributed by atoms with Gasteiger partial charge in [-0.25, -0.2) is 4.79 Å². The van der Waals surface area contributed by atoms with Gasteiger partial charge >= 0.3 is 5.97 Å². The molecule has 0 bridgehead atoms. The van der Waals surface area contributed by atoms with Gasteiger partial charge in [-0.2, -0.15) is 0 Å². The minimum Gasteiger partial charge on any atom is -0.494 e. The number of aryl methyl sites for hydroxylation is 1. The average molecular weight is 453 g/mol. The first-order chi connectivity index (χ1) is 15.5. The number of rotatable bonds is 8. The van der Waals surface area contributed by atoms with E-state index in [-0.39, 0.29) is 17.8 Å². The number of thiophene rings is 1. The van der Waals surface area contributed by atoms with E-state index in [0.29, 0.717) is 49.5 Å². The summed E-state index contributed by atoms with van der Waals surface area (Å²) < 4.78 is 11.8. The van der Waals surface area contributed by atoms with Gasteiger partial charge in [0.15, 0.2) is 0 Å². The Bertz CT molecular complexity index is 1170. The van der Waals surface area contributed by atoms with Gasteiger partial charge in [-0.3, -0.25) is 9.59 Å². The molecule has 2 amide bonds. The zero-order valence-electron chi connectivity index (χ0n) is 17.7. The molecular formula is C24H24N2O5S. The third kappa shape index (κ3) is 5.26. The number of benzene rings is 2. The number of hydrogen-bond acceptors (Lipinski definition) is 6. The molecule has 166 valence electrons. The van der Waals surface area contributed by atoms with Crippen molar-refractivity contribution < 1.29 is 23.9 Å². The van der Waals surface area contributed by atoms with Crippen LogP contribution in [0.25, 0.3) is 10.1 Å². The SMILES string of the molecule is CCOC(=O)c1cc2cc(NC(=O)CCCOc3ccc4c(c3)CCC(=O)N4)ccc2s1. The van der Waals surface area contributed by atoms with E-state index in [9.17, 15) is 14.4 Å². The summed E-state index contributed by atoms with van der Waals surface area (Å²) >= 11 is 1.37. The number of esters is 1. The standard InChI is InChI=1S/C24H24N2O5S/c1-2-30-24(29)21-14-16-12-17(6-9-20(16)32-21)25-22(27)4-3-11-31-18-7-8-19-15(13-18)5-10-23(28)26-19/h6-9,12-14H,2-5,10-11H2,1H3,(H,25,27)(H,26,28). The molecule has 4 rings (SSSR count). The van der Waals surface area contributed by atoms with E-state index in [0.717, 1.165) is 27.1 Å². The Morgan fingerprint density at radius 3 is 2.84 bits per heavy atom. The fourth-order valence-corrected chi connectivity index (χ4v) is 4.46. The molecule has 0 unspecified atom stereocenters. The van der Waals surface area contributed by atoms with E-state index in [4.69, 9.17) is 9.47 Å². The lowest BCUT2D eigenvalue weighted by Gasteiger charge is -2.17. The van der Waals surface area contributed by atoms with E-state index in [1.165, 1.54) is 11.3 Å². The maximum Gasteiger partial charge on any atom is 0.348 e. The molecule has 1 aromatic heterocycles. The second kappa shape index (κ2) is 9.82. The number of amides is 2. The average Bonchev–Trinajstić information content (AvgIpc) is 3.20. The van der Waals surface area contributed by atoms with Crippen molar-refractivity contribution in [2.45, 2.75) is 32.6 Å². The van der Waals surface area contributed by atoms with Crippen LogP contribution in [0.1, 0.15) is 41.4 Å². The first kappa shape index (κ1) is 21.8. The van der Waals surface area contributed by atoms with E-state index in [2.05, 4.69) is 10.6 Å². The molecular weight excluding hydrogens is 428 g/mol. The van der Waals surface area contributed by atoms with Gasteiger partial charge in [0.05, 0.1) is 13.2 Å². The maximum absolute atomic E-state index is 12.3. The van der Waals surface area contributed by atoms with Crippen molar-refractivity contribution in [1.82, 2.24) is 0 Å². The van der Waals surface area contributed by atoms with Crippen LogP contribution in [0.5, 0.6) is 5.75 Å². The highest BCUT2D eigenvalue weighted by Gasteiger charge is 2.15. The Labute approximate surface area is 189 Å². The van der Waals surface area contributed by atoms with E-state index >= 15 is 0 Å². The molecule has 7 nitrogen and oxygen atoms in total. The predicted octanol–water partition coefficient (Wildman–Crippen LogP) is 4.76. The number of hydrogen-bond donors (Lipinski definition) is 2. The van der Waals surface area contributed by atoms with Crippen molar-refractivity contribution in [3.63, 3.8) is 0 Å². The summed E-state index contributed by atoms with van der Waals surface area (Å²) in [4.78, 5) is 36.2. The molecule has 2 aromatic carbocycles. The number of anilines is 2. The van der Waals surface area contributed by atoms with E-state index in [1.54, 1.807) is 13.0 Å². The Morgan fingerprint density at radius 1 is 1.12 bits per heavy atom. The van der Waals surface area contributed by atoms with Crippen LogP contribution in [0.2, 0.25) is 0 Å². The van der Waals surface area contributed by atoms with Crippen LogP contribution in [-0.4, -0.2) is 31.0 Å². The van der Waals surface area contributed by atoms with Crippen molar-refractivity contribution >= 4 is 50.6 Å². The maximum atomic E-state index is 12.3. The number of nitrogens with one attached hydrogen (secondary N) is 2. The van der Waals surface area contributed by atoms with Gasteiger partial charge in [0.25, 0.3) is 0 Å². The van der Waals surface area contributed by atoms with Gasteiger partial charge in [0.1, 0.15) is 10.6 Å². The molecule has 32 heavy (non-hydrogen) atoms.